The summed E-state index contributed by atoms with van der Waals surface area (Å²) in [5, 5.41) is 23.2. The molecule has 0 rings (SSSR count). The third kappa shape index (κ3) is 44.7. The first-order chi connectivity index (χ1) is 28.7. The zero-order valence-corrected chi connectivity index (χ0v) is 38.3. The predicted molar refractivity (Wildman–Crippen MR) is 257 cm³/mol. The number of hydrogen-bond donors (Lipinski definition) is 3. The summed E-state index contributed by atoms with van der Waals surface area (Å²) in [7, 11) is 0. The van der Waals surface area contributed by atoms with Crippen molar-refractivity contribution >= 4 is 5.91 Å². The number of aliphatic hydroxyl groups excluding tert-OH is 2. The molecule has 0 aromatic rings. The van der Waals surface area contributed by atoms with Gasteiger partial charge in [-0.15, -0.1) is 0 Å². The van der Waals surface area contributed by atoms with Crippen LogP contribution in [-0.4, -0.2) is 34.9 Å². The molecule has 3 N–H and O–H groups in total. The molecule has 0 spiro atoms. The first-order valence-electron chi connectivity index (χ1n) is 24.8. The SMILES string of the molecule is CC/C=C\C/C=C\C/C=C\C/C=C\C/C=C\C/C=C\C/C=C\CCCCCCCCCC(=O)NC(CO)C(O)CCCCCCCCCCCCCCCCCCC. The van der Waals surface area contributed by atoms with Gasteiger partial charge in [0.05, 0.1) is 18.8 Å². The third-order valence-corrected chi connectivity index (χ3v) is 10.9. The molecule has 0 heterocycles. The minimum absolute atomic E-state index is 0.0451. The van der Waals surface area contributed by atoms with E-state index >= 15 is 0 Å². The van der Waals surface area contributed by atoms with Crippen LogP contribution in [0.25, 0.3) is 0 Å². The number of allylic oxidation sites excluding steroid dienone is 14. The molecule has 2 atom stereocenters. The van der Waals surface area contributed by atoms with Crippen molar-refractivity contribution < 1.29 is 15.0 Å². The van der Waals surface area contributed by atoms with Crippen LogP contribution < -0.4 is 5.32 Å². The van der Waals surface area contributed by atoms with Gasteiger partial charge >= 0.3 is 0 Å². The molecule has 0 bridgehead atoms. The molecule has 0 aliphatic heterocycles. The molecule has 1 amide bonds. The minimum atomic E-state index is -0.670. The Morgan fingerprint density at radius 3 is 1.14 bits per heavy atom. The Kier molecular flexibility index (Phi) is 46.9. The van der Waals surface area contributed by atoms with E-state index in [2.05, 4.69) is 104 Å². The molecule has 0 saturated heterocycles. The first-order valence-corrected chi connectivity index (χ1v) is 24.8. The second kappa shape index (κ2) is 48.9. The van der Waals surface area contributed by atoms with Gasteiger partial charge in [-0.3, -0.25) is 4.79 Å². The number of nitrogens with one attached hydrogen (secondary N) is 1. The van der Waals surface area contributed by atoms with Crippen molar-refractivity contribution in [3.05, 3.63) is 85.1 Å². The molecule has 0 aliphatic carbocycles. The number of hydrogen-bond acceptors (Lipinski definition) is 3. The Labute approximate surface area is 361 Å². The lowest BCUT2D eigenvalue weighted by molar-refractivity contribution is -0.123. The summed E-state index contributed by atoms with van der Waals surface area (Å²) < 4.78 is 0. The zero-order chi connectivity index (χ0) is 42.1. The third-order valence-electron chi connectivity index (χ3n) is 10.9. The highest BCUT2D eigenvalue weighted by molar-refractivity contribution is 5.76. The second-order valence-corrected chi connectivity index (χ2v) is 16.5. The quantitative estimate of drug-likeness (QED) is 0.0424. The summed E-state index contributed by atoms with van der Waals surface area (Å²) >= 11 is 0. The number of aliphatic hydroxyl groups is 2. The smallest absolute Gasteiger partial charge is 0.220 e. The van der Waals surface area contributed by atoms with E-state index in [0.717, 1.165) is 83.5 Å². The highest BCUT2D eigenvalue weighted by atomic mass is 16.3. The molecule has 0 aromatic carbocycles. The molecule has 0 saturated carbocycles. The van der Waals surface area contributed by atoms with Crippen molar-refractivity contribution in [3.63, 3.8) is 0 Å². The van der Waals surface area contributed by atoms with Gasteiger partial charge in [-0.1, -0.05) is 240 Å². The van der Waals surface area contributed by atoms with E-state index in [9.17, 15) is 15.0 Å². The number of unbranched alkanes of at least 4 members (excludes halogenated alkanes) is 23. The van der Waals surface area contributed by atoms with E-state index in [1.54, 1.807) is 0 Å². The van der Waals surface area contributed by atoms with Crippen molar-refractivity contribution in [1.82, 2.24) is 5.32 Å². The van der Waals surface area contributed by atoms with Crippen LogP contribution in [0, 0.1) is 0 Å². The molecular formula is C54H95NO3. The molecular weight excluding hydrogens is 711 g/mol. The van der Waals surface area contributed by atoms with E-state index in [1.165, 1.54) is 122 Å². The average molecular weight is 806 g/mol. The molecule has 334 valence electrons. The topological polar surface area (TPSA) is 69.6 Å². The Morgan fingerprint density at radius 2 is 0.759 bits per heavy atom. The fraction of sp³-hybridized carbons (Fsp3) is 0.722. The number of rotatable bonds is 44. The zero-order valence-electron chi connectivity index (χ0n) is 38.3. The summed E-state index contributed by atoms with van der Waals surface area (Å²) in [6.07, 6.45) is 71.0. The average Bonchev–Trinajstić information content (AvgIpc) is 3.23. The van der Waals surface area contributed by atoms with Gasteiger partial charge in [0, 0.05) is 6.42 Å². The molecule has 0 fully saturated rings. The lowest BCUT2D eigenvalue weighted by Crippen LogP contribution is -2.45. The van der Waals surface area contributed by atoms with Gasteiger partial charge in [-0.05, 0) is 70.6 Å². The van der Waals surface area contributed by atoms with Gasteiger partial charge in [0.1, 0.15) is 0 Å². The summed E-state index contributed by atoms with van der Waals surface area (Å²) in [4.78, 5) is 12.4. The van der Waals surface area contributed by atoms with Gasteiger partial charge in [-0.25, -0.2) is 0 Å². The fourth-order valence-electron chi connectivity index (χ4n) is 7.16. The highest BCUT2D eigenvalue weighted by Gasteiger charge is 2.20. The Bertz CT molecular complexity index is 1050. The normalized spacial score (nSPS) is 13.7. The van der Waals surface area contributed by atoms with Crippen LogP contribution in [0.5, 0.6) is 0 Å². The minimum Gasteiger partial charge on any atom is -0.394 e. The standard InChI is InChI=1S/C54H95NO3/c1-3-5-7-9-11-13-15-17-19-21-22-23-24-25-26-27-28-29-30-31-32-34-36-38-40-42-44-46-48-50-54(58)55-52(51-56)53(57)49-47-45-43-41-39-37-35-33-20-18-16-14-12-10-8-6-4-2/h5,7,11,13,17,19,22-23,25-26,28-29,31-32,52-53,56-57H,3-4,6,8-10,12,14-16,18,20-21,24,27,30,33-51H2,1-2H3,(H,55,58)/b7-5-,13-11-,19-17-,23-22-,26-25-,29-28-,32-31-. The van der Waals surface area contributed by atoms with E-state index in [1.807, 2.05) is 0 Å². The molecule has 0 aliphatic rings. The van der Waals surface area contributed by atoms with E-state index in [4.69, 9.17) is 0 Å². The summed E-state index contributed by atoms with van der Waals surface area (Å²) in [5.74, 6) is -0.0451. The van der Waals surface area contributed by atoms with Crippen LogP contribution in [0.4, 0.5) is 0 Å². The molecule has 2 unspecified atom stereocenters. The van der Waals surface area contributed by atoms with Crippen molar-refractivity contribution in [3.8, 4) is 0 Å². The first kappa shape index (κ1) is 55.6. The van der Waals surface area contributed by atoms with Crippen LogP contribution in [0.3, 0.4) is 0 Å². The van der Waals surface area contributed by atoms with Crippen molar-refractivity contribution in [2.75, 3.05) is 6.61 Å². The largest absolute Gasteiger partial charge is 0.394 e. The van der Waals surface area contributed by atoms with Crippen LogP contribution in [0.15, 0.2) is 85.1 Å². The Hall–Kier alpha value is -2.43. The van der Waals surface area contributed by atoms with Gasteiger partial charge in [0.2, 0.25) is 5.91 Å². The number of carbonyl (C=O) groups excluding carboxylic acids is 1. The lowest BCUT2D eigenvalue weighted by Gasteiger charge is -2.22. The Balaban J connectivity index is 3.59. The van der Waals surface area contributed by atoms with Crippen LogP contribution >= 0.6 is 0 Å². The summed E-state index contributed by atoms with van der Waals surface area (Å²) in [6.45, 7) is 4.24. The number of amides is 1. The van der Waals surface area contributed by atoms with Gasteiger partial charge in [-0.2, -0.15) is 0 Å². The molecule has 0 radical (unpaired) electrons. The predicted octanol–water partition coefficient (Wildman–Crippen LogP) is 16.0. The van der Waals surface area contributed by atoms with Crippen LogP contribution in [0.2, 0.25) is 0 Å². The fourth-order valence-corrected chi connectivity index (χ4v) is 7.16. The number of carbonyl (C=O) groups is 1. The summed E-state index contributed by atoms with van der Waals surface area (Å²) in [5.41, 5.74) is 0. The van der Waals surface area contributed by atoms with Crippen molar-refractivity contribution in [1.29, 1.82) is 0 Å². The van der Waals surface area contributed by atoms with Gasteiger partial charge < -0.3 is 15.5 Å². The van der Waals surface area contributed by atoms with Crippen LogP contribution in [0.1, 0.15) is 232 Å². The maximum atomic E-state index is 12.4. The second-order valence-electron chi connectivity index (χ2n) is 16.5. The van der Waals surface area contributed by atoms with E-state index in [-0.39, 0.29) is 12.5 Å². The van der Waals surface area contributed by atoms with Crippen molar-refractivity contribution in [2.45, 2.75) is 244 Å². The maximum absolute atomic E-state index is 12.4. The van der Waals surface area contributed by atoms with Crippen LogP contribution in [-0.2, 0) is 4.79 Å². The summed E-state index contributed by atoms with van der Waals surface area (Å²) in [6, 6.07) is -0.548. The van der Waals surface area contributed by atoms with E-state index in [0.29, 0.717) is 12.8 Å². The molecule has 58 heavy (non-hydrogen) atoms. The van der Waals surface area contributed by atoms with Gasteiger partial charge in [0.25, 0.3) is 0 Å². The highest BCUT2D eigenvalue weighted by Crippen LogP contribution is 2.16. The van der Waals surface area contributed by atoms with Crippen molar-refractivity contribution in [2.24, 2.45) is 0 Å². The maximum Gasteiger partial charge on any atom is 0.220 e. The molecule has 0 aromatic heterocycles. The Morgan fingerprint density at radius 1 is 0.431 bits per heavy atom. The monoisotopic (exact) mass is 806 g/mol. The van der Waals surface area contributed by atoms with E-state index < -0.39 is 12.1 Å². The lowest BCUT2D eigenvalue weighted by atomic mass is 10.0. The molecule has 4 nitrogen and oxygen atoms in total. The molecule has 4 heteroatoms. The van der Waals surface area contributed by atoms with Gasteiger partial charge in [0.15, 0.2) is 0 Å².